The summed E-state index contributed by atoms with van der Waals surface area (Å²) in [4.78, 5) is 0. The van der Waals surface area contributed by atoms with Gasteiger partial charge in [0.05, 0.1) is 6.61 Å². The molecule has 0 radical (unpaired) electrons. The first kappa shape index (κ1) is 17.5. The first-order valence-electron chi connectivity index (χ1n) is 8.33. The number of hydrogen-bond donors (Lipinski definition) is 0. The summed E-state index contributed by atoms with van der Waals surface area (Å²) in [6, 6.07) is 5.13. The molecule has 1 aliphatic carbocycles. The van der Waals surface area contributed by atoms with Crippen LogP contribution in [0.3, 0.4) is 0 Å². The van der Waals surface area contributed by atoms with Crippen LogP contribution in [-0.4, -0.2) is 6.61 Å². The van der Waals surface area contributed by atoms with Crippen LogP contribution in [0.15, 0.2) is 30.3 Å². The number of rotatable bonds is 4. The van der Waals surface area contributed by atoms with Crippen molar-refractivity contribution in [2.45, 2.75) is 32.6 Å². The third-order valence-electron chi connectivity index (χ3n) is 4.36. The summed E-state index contributed by atoms with van der Waals surface area (Å²) in [7, 11) is 0. The third kappa shape index (κ3) is 3.28. The summed E-state index contributed by atoms with van der Waals surface area (Å²) in [5, 5.41) is 0. The number of hydrogen-bond acceptors (Lipinski definition) is 1. The maximum atomic E-state index is 14.5. The predicted octanol–water partition coefficient (Wildman–Crippen LogP) is 6.27. The van der Waals surface area contributed by atoms with Crippen molar-refractivity contribution in [3.63, 3.8) is 0 Å². The maximum Gasteiger partial charge on any atom is 0.201 e. The van der Waals surface area contributed by atoms with E-state index in [1.54, 1.807) is 6.92 Å². The second kappa shape index (κ2) is 7.30. The molecule has 0 atom stereocenters. The minimum absolute atomic E-state index is 0.169. The highest BCUT2D eigenvalue weighted by Gasteiger charge is 2.22. The molecule has 0 saturated heterocycles. The molecule has 0 heterocycles. The van der Waals surface area contributed by atoms with Gasteiger partial charge >= 0.3 is 0 Å². The van der Waals surface area contributed by atoms with E-state index in [-0.39, 0.29) is 29.0 Å². The van der Waals surface area contributed by atoms with Gasteiger partial charge in [-0.3, -0.25) is 0 Å². The summed E-state index contributed by atoms with van der Waals surface area (Å²) in [6.45, 7) is 1.81. The van der Waals surface area contributed by atoms with Gasteiger partial charge in [0, 0.05) is 16.7 Å². The lowest BCUT2D eigenvalue weighted by Gasteiger charge is -2.16. The minimum atomic E-state index is -1.26. The molecule has 1 nitrogen and oxygen atoms in total. The van der Waals surface area contributed by atoms with Gasteiger partial charge in [-0.05, 0) is 50.3 Å². The van der Waals surface area contributed by atoms with E-state index >= 15 is 0 Å². The average Bonchev–Trinajstić information content (AvgIpc) is 2.63. The van der Waals surface area contributed by atoms with Gasteiger partial charge in [0.2, 0.25) is 5.82 Å². The summed E-state index contributed by atoms with van der Waals surface area (Å²) in [5.74, 6) is -4.92. The van der Waals surface area contributed by atoms with E-state index in [2.05, 4.69) is 0 Å². The standard InChI is InChI=1S/C20H18F4O/c1-2-25-16-11-10-15(19(23)20(16)24)14-9-8-13(17(21)18(14)22)12-6-4-3-5-7-12/h6,8-11H,2-5,7H2,1H3. The molecular formula is C20H18F4O. The van der Waals surface area contributed by atoms with Crippen LogP contribution in [0.25, 0.3) is 16.7 Å². The average molecular weight is 350 g/mol. The highest BCUT2D eigenvalue weighted by Crippen LogP contribution is 2.36. The van der Waals surface area contributed by atoms with Gasteiger partial charge in [-0.15, -0.1) is 0 Å². The molecule has 0 spiro atoms. The molecule has 0 unspecified atom stereocenters. The van der Waals surface area contributed by atoms with E-state index < -0.39 is 23.3 Å². The Morgan fingerprint density at radius 2 is 1.40 bits per heavy atom. The third-order valence-corrected chi connectivity index (χ3v) is 4.36. The van der Waals surface area contributed by atoms with E-state index in [4.69, 9.17) is 4.74 Å². The molecule has 25 heavy (non-hydrogen) atoms. The van der Waals surface area contributed by atoms with Crippen LogP contribution in [-0.2, 0) is 0 Å². The fraction of sp³-hybridized carbons (Fsp3) is 0.300. The Bertz CT molecular complexity index is 827. The quantitative estimate of drug-likeness (QED) is 0.591. The minimum Gasteiger partial charge on any atom is -0.491 e. The lowest BCUT2D eigenvalue weighted by atomic mass is 9.91. The van der Waals surface area contributed by atoms with Gasteiger partial charge in [-0.1, -0.05) is 18.2 Å². The molecule has 1 aliphatic rings. The lowest BCUT2D eigenvalue weighted by molar-refractivity contribution is 0.314. The first-order valence-corrected chi connectivity index (χ1v) is 8.33. The van der Waals surface area contributed by atoms with Crippen molar-refractivity contribution in [3.05, 3.63) is 59.2 Å². The van der Waals surface area contributed by atoms with Crippen LogP contribution >= 0.6 is 0 Å². The van der Waals surface area contributed by atoms with Crippen molar-refractivity contribution in [1.82, 2.24) is 0 Å². The zero-order chi connectivity index (χ0) is 18.0. The number of halogens is 4. The lowest BCUT2D eigenvalue weighted by Crippen LogP contribution is -2.02. The second-order valence-corrected chi connectivity index (χ2v) is 5.94. The molecule has 3 rings (SSSR count). The van der Waals surface area contributed by atoms with E-state index in [1.165, 1.54) is 24.3 Å². The summed E-state index contributed by atoms with van der Waals surface area (Å²) in [5.41, 5.74) is 0.305. The Morgan fingerprint density at radius 1 is 0.800 bits per heavy atom. The fourth-order valence-corrected chi connectivity index (χ4v) is 3.09. The van der Waals surface area contributed by atoms with Crippen molar-refractivity contribution >= 4 is 5.57 Å². The summed E-state index contributed by atoms with van der Waals surface area (Å²) in [6.07, 6.45) is 5.37. The van der Waals surface area contributed by atoms with E-state index in [0.717, 1.165) is 24.8 Å². The van der Waals surface area contributed by atoms with Gasteiger partial charge in [0.15, 0.2) is 23.2 Å². The smallest absolute Gasteiger partial charge is 0.201 e. The molecule has 0 bridgehead atoms. The SMILES string of the molecule is CCOc1ccc(-c2ccc(C3=CCCCC3)c(F)c2F)c(F)c1F. The van der Waals surface area contributed by atoms with Crippen LogP contribution in [0.4, 0.5) is 17.6 Å². The van der Waals surface area contributed by atoms with Crippen molar-refractivity contribution in [2.24, 2.45) is 0 Å². The molecule has 2 aromatic carbocycles. The van der Waals surface area contributed by atoms with Crippen molar-refractivity contribution in [2.75, 3.05) is 6.61 Å². The van der Waals surface area contributed by atoms with Gasteiger partial charge in [0.1, 0.15) is 0 Å². The summed E-state index contributed by atoms with van der Waals surface area (Å²) >= 11 is 0. The van der Waals surface area contributed by atoms with E-state index in [1.807, 2.05) is 6.08 Å². The van der Waals surface area contributed by atoms with Gasteiger partial charge < -0.3 is 4.74 Å². The molecule has 2 aromatic rings. The second-order valence-electron chi connectivity index (χ2n) is 5.94. The van der Waals surface area contributed by atoms with Crippen LogP contribution in [0.1, 0.15) is 38.2 Å². The fourth-order valence-electron chi connectivity index (χ4n) is 3.09. The van der Waals surface area contributed by atoms with Crippen LogP contribution in [0, 0.1) is 23.3 Å². The predicted molar refractivity (Wildman–Crippen MR) is 89.3 cm³/mol. The molecule has 5 heteroatoms. The van der Waals surface area contributed by atoms with Gasteiger partial charge in [-0.2, -0.15) is 4.39 Å². The van der Waals surface area contributed by atoms with Gasteiger partial charge in [-0.25, -0.2) is 13.2 Å². The number of allylic oxidation sites excluding steroid dienone is 2. The Kier molecular flexibility index (Phi) is 5.11. The van der Waals surface area contributed by atoms with Crippen LogP contribution in [0.2, 0.25) is 0 Å². The van der Waals surface area contributed by atoms with E-state index in [0.29, 0.717) is 6.42 Å². The molecular weight excluding hydrogens is 332 g/mol. The first-order chi connectivity index (χ1) is 12.0. The number of ether oxygens (including phenoxy) is 1. The zero-order valence-corrected chi connectivity index (χ0v) is 13.8. The number of benzene rings is 2. The molecule has 132 valence electrons. The largest absolute Gasteiger partial charge is 0.491 e. The van der Waals surface area contributed by atoms with Crippen LogP contribution in [0.5, 0.6) is 5.75 Å². The molecule has 0 aromatic heterocycles. The highest BCUT2D eigenvalue weighted by atomic mass is 19.2. The monoisotopic (exact) mass is 350 g/mol. The summed E-state index contributed by atoms with van der Waals surface area (Å²) < 4.78 is 62.3. The zero-order valence-electron chi connectivity index (χ0n) is 13.8. The molecule has 0 saturated carbocycles. The normalized spacial score (nSPS) is 14.4. The Balaban J connectivity index is 2.06. The highest BCUT2D eigenvalue weighted by molar-refractivity contribution is 5.72. The topological polar surface area (TPSA) is 9.23 Å². The molecule has 0 amide bonds. The van der Waals surface area contributed by atoms with Crippen molar-refractivity contribution in [1.29, 1.82) is 0 Å². The molecule has 0 N–H and O–H groups in total. The Hall–Kier alpha value is -2.30. The van der Waals surface area contributed by atoms with Crippen molar-refractivity contribution in [3.8, 4) is 16.9 Å². The maximum absolute atomic E-state index is 14.5. The molecule has 0 fully saturated rings. The van der Waals surface area contributed by atoms with E-state index in [9.17, 15) is 17.6 Å². The van der Waals surface area contributed by atoms with Gasteiger partial charge in [0.25, 0.3) is 0 Å². The molecule has 0 aliphatic heterocycles. The van der Waals surface area contributed by atoms with Crippen molar-refractivity contribution < 1.29 is 22.3 Å². The van der Waals surface area contributed by atoms with Crippen LogP contribution < -0.4 is 4.74 Å². The Morgan fingerprint density at radius 3 is 2.04 bits per heavy atom. The Labute approximate surface area is 143 Å².